The van der Waals surface area contributed by atoms with Crippen LogP contribution in [0.25, 0.3) is 54.2 Å². The zero-order chi connectivity index (χ0) is 40.3. The average Bonchev–Trinajstić information content (AvgIpc) is 3.29. The first-order valence-corrected chi connectivity index (χ1v) is 22.7. The quantitative estimate of drug-likeness (QED) is 0.124. The molecule has 2 radical (unpaired) electrons. The van der Waals surface area contributed by atoms with E-state index in [1.165, 1.54) is 76.8 Å². The second kappa shape index (κ2) is 13.5. The van der Waals surface area contributed by atoms with Crippen molar-refractivity contribution < 1.29 is 0 Å². The van der Waals surface area contributed by atoms with Gasteiger partial charge >= 0.3 is 0 Å². The molecule has 0 N–H and O–H groups in total. The third kappa shape index (κ3) is 5.03. The second-order valence-electron chi connectivity index (χ2n) is 19.8. The van der Waals surface area contributed by atoms with Crippen LogP contribution in [0.1, 0.15) is 58.1 Å². The maximum atomic E-state index is 2.55. The summed E-state index contributed by atoms with van der Waals surface area (Å²) < 4.78 is 0. The molecule has 0 aromatic heterocycles. The summed E-state index contributed by atoms with van der Waals surface area (Å²) in [6, 6.07) is 37.7. The highest BCUT2D eigenvalue weighted by molar-refractivity contribution is 6.26. The van der Waals surface area contributed by atoms with Crippen molar-refractivity contribution in [2.45, 2.75) is 47.0 Å². The minimum absolute atomic E-state index is 0.140. The van der Waals surface area contributed by atoms with Crippen LogP contribution in [0.5, 0.6) is 0 Å². The minimum atomic E-state index is 0.140. The maximum absolute atomic E-state index is 2.55. The Bertz CT molecular complexity index is 2850. The molecule has 0 bridgehead atoms. The van der Waals surface area contributed by atoms with E-state index in [9.17, 15) is 0 Å². The molecule has 60 heavy (non-hydrogen) atoms. The van der Waals surface area contributed by atoms with Crippen LogP contribution in [-0.2, 0) is 0 Å². The van der Waals surface area contributed by atoms with Crippen molar-refractivity contribution in [2.24, 2.45) is 52.3 Å². The van der Waals surface area contributed by atoms with Crippen LogP contribution in [0.4, 0.5) is 0 Å². The van der Waals surface area contributed by atoms with Crippen LogP contribution >= 0.6 is 0 Å². The first-order chi connectivity index (χ1) is 29.4. The highest BCUT2D eigenvalue weighted by atomic mass is 14.6. The van der Waals surface area contributed by atoms with Crippen molar-refractivity contribution >= 4 is 43.1 Å². The standard InChI is InChI=1S/C60H54/c1-59(2)49-33-17-13-29-45(49)57(46-30-14-18-34-50(46)59)55-41-25-9-5-21-37(41)53(38-22-6-10-26-42(38)55)54-39-23-7-11-27-43(39)56(44-28-12-8-24-40(44)54)58-47-31-15-19-35-51(47)60(3,4)52-36-20-16-32-48(52)58/h5-31,33,35,45,47-52H,32,34,36H2,1-4H3. The highest BCUT2D eigenvalue weighted by Crippen LogP contribution is 2.64. The van der Waals surface area contributed by atoms with Crippen molar-refractivity contribution in [3.63, 3.8) is 0 Å². The van der Waals surface area contributed by atoms with Gasteiger partial charge in [-0.3, -0.25) is 0 Å². The van der Waals surface area contributed by atoms with Crippen molar-refractivity contribution in [1.82, 2.24) is 0 Å². The minimum Gasteiger partial charge on any atom is -0.0882 e. The Morgan fingerprint density at radius 1 is 0.417 bits per heavy atom. The Morgan fingerprint density at radius 2 is 0.867 bits per heavy atom. The van der Waals surface area contributed by atoms with Gasteiger partial charge in [0.1, 0.15) is 0 Å². The van der Waals surface area contributed by atoms with Gasteiger partial charge < -0.3 is 0 Å². The van der Waals surface area contributed by atoms with E-state index in [1.54, 1.807) is 5.92 Å². The molecule has 12 rings (SSSR count). The van der Waals surface area contributed by atoms with Crippen molar-refractivity contribution in [2.75, 3.05) is 0 Å². The number of hydrogen-bond donors (Lipinski definition) is 0. The number of fused-ring (bicyclic) bond motifs is 8. The summed E-state index contributed by atoms with van der Waals surface area (Å²) in [6.07, 6.45) is 34.8. The third-order valence-corrected chi connectivity index (χ3v) is 16.5. The molecule has 6 aliphatic rings. The topological polar surface area (TPSA) is 0 Å². The van der Waals surface area contributed by atoms with E-state index in [0.717, 1.165) is 19.3 Å². The van der Waals surface area contributed by atoms with Crippen LogP contribution in [0.15, 0.2) is 182 Å². The van der Waals surface area contributed by atoms with Gasteiger partial charge in [-0.15, -0.1) is 0 Å². The fourth-order valence-electron chi connectivity index (χ4n) is 13.8. The lowest BCUT2D eigenvalue weighted by Crippen LogP contribution is -2.50. The third-order valence-electron chi connectivity index (χ3n) is 16.5. The van der Waals surface area contributed by atoms with Gasteiger partial charge in [-0.25, -0.2) is 0 Å². The summed E-state index contributed by atoms with van der Waals surface area (Å²) in [6.45, 7) is 10.1. The molecule has 0 aliphatic heterocycles. The lowest BCUT2D eigenvalue weighted by atomic mass is 9.47. The van der Waals surface area contributed by atoms with E-state index < -0.39 is 0 Å². The molecule has 7 atom stereocenters. The van der Waals surface area contributed by atoms with E-state index in [1.807, 2.05) is 0 Å². The first kappa shape index (κ1) is 36.4. The first-order valence-electron chi connectivity index (χ1n) is 22.7. The van der Waals surface area contributed by atoms with E-state index in [0.29, 0.717) is 41.4 Å². The van der Waals surface area contributed by atoms with Crippen LogP contribution in [-0.4, -0.2) is 0 Å². The molecule has 2 fully saturated rings. The predicted octanol–water partition coefficient (Wildman–Crippen LogP) is 15.7. The summed E-state index contributed by atoms with van der Waals surface area (Å²) >= 11 is 0. The van der Waals surface area contributed by atoms with Gasteiger partial charge in [0, 0.05) is 11.8 Å². The summed E-state index contributed by atoms with van der Waals surface area (Å²) in [5.74, 6) is 6.31. The maximum Gasteiger partial charge on any atom is 0.0389 e. The lowest BCUT2D eigenvalue weighted by Gasteiger charge is -2.57. The van der Waals surface area contributed by atoms with Gasteiger partial charge in [0.2, 0.25) is 0 Å². The molecule has 2 saturated carbocycles. The Balaban J connectivity index is 1.16. The molecule has 294 valence electrons. The summed E-state index contributed by atoms with van der Waals surface area (Å²) in [7, 11) is 0. The summed E-state index contributed by atoms with van der Waals surface area (Å²) in [4.78, 5) is 0. The summed E-state index contributed by atoms with van der Waals surface area (Å²) in [5, 5.41) is 10.9. The number of allylic oxidation sites excluding steroid dienone is 14. The number of rotatable bonds is 3. The molecule has 0 amide bonds. The van der Waals surface area contributed by atoms with Crippen LogP contribution < -0.4 is 0 Å². The predicted molar refractivity (Wildman–Crippen MR) is 255 cm³/mol. The van der Waals surface area contributed by atoms with E-state index >= 15 is 0 Å². The lowest BCUT2D eigenvalue weighted by molar-refractivity contribution is 0.0293. The SMILES string of the molecule is CC1(C)C2CC=CC=C2[C](c2c3ccccc3c(-c3c4ccccc4c([C]4C5C=CC=CC5C(C)(C)C5CC=CCC45)c4ccccc34)c3ccccc23)C2C=CC=CC21. The van der Waals surface area contributed by atoms with Gasteiger partial charge in [0.05, 0.1) is 0 Å². The molecule has 0 spiro atoms. The number of hydrogen-bond acceptors (Lipinski definition) is 0. The molecule has 0 nitrogen and oxygen atoms in total. The largest absolute Gasteiger partial charge is 0.0882 e. The Labute approximate surface area is 356 Å². The Hall–Kier alpha value is -5.46. The van der Waals surface area contributed by atoms with E-state index in [4.69, 9.17) is 0 Å². The Kier molecular flexibility index (Phi) is 8.20. The molecule has 0 saturated heterocycles. The van der Waals surface area contributed by atoms with E-state index in [2.05, 4.69) is 204 Å². The van der Waals surface area contributed by atoms with Gasteiger partial charge in [-0.05, 0) is 137 Å². The van der Waals surface area contributed by atoms with Gasteiger partial charge in [-0.1, -0.05) is 209 Å². The van der Waals surface area contributed by atoms with Crippen LogP contribution in [0.2, 0.25) is 0 Å². The zero-order valence-corrected chi connectivity index (χ0v) is 35.4. The zero-order valence-electron chi connectivity index (χ0n) is 35.4. The molecular formula is C60H54. The summed E-state index contributed by atoms with van der Waals surface area (Å²) in [5.41, 5.74) is 7.50. The normalized spacial score (nSPS) is 28.8. The molecule has 7 unspecified atom stereocenters. The van der Waals surface area contributed by atoms with Crippen molar-refractivity contribution in [3.8, 4) is 11.1 Å². The van der Waals surface area contributed by atoms with Crippen LogP contribution in [0, 0.1) is 64.1 Å². The molecule has 6 aliphatic carbocycles. The van der Waals surface area contributed by atoms with Gasteiger partial charge in [-0.2, -0.15) is 0 Å². The van der Waals surface area contributed by atoms with Gasteiger partial charge in [0.15, 0.2) is 0 Å². The molecule has 0 heterocycles. The van der Waals surface area contributed by atoms with Crippen LogP contribution in [0.3, 0.4) is 0 Å². The fraction of sp³-hybridized carbons (Fsp3) is 0.267. The number of benzene rings is 6. The molecule has 0 heteroatoms. The second-order valence-corrected chi connectivity index (χ2v) is 19.8. The van der Waals surface area contributed by atoms with Gasteiger partial charge in [0.25, 0.3) is 0 Å². The molecule has 6 aromatic carbocycles. The molecular weight excluding hydrogens is 721 g/mol. The fourth-order valence-corrected chi connectivity index (χ4v) is 13.8. The highest BCUT2D eigenvalue weighted by Gasteiger charge is 2.55. The van der Waals surface area contributed by atoms with Crippen molar-refractivity contribution in [3.05, 3.63) is 205 Å². The smallest absolute Gasteiger partial charge is 0.0389 e. The average molecular weight is 775 g/mol. The molecule has 6 aromatic rings. The van der Waals surface area contributed by atoms with Crippen molar-refractivity contribution in [1.29, 1.82) is 0 Å². The Morgan fingerprint density at radius 3 is 1.42 bits per heavy atom. The monoisotopic (exact) mass is 774 g/mol. The van der Waals surface area contributed by atoms with E-state index in [-0.39, 0.29) is 10.8 Å².